The quantitative estimate of drug-likeness (QED) is 0.748. The molecule has 2 aromatic rings. The van der Waals surface area contributed by atoms with Crippen molar-refractivity contribution >= 4 is 34.2 Å². The van der Waals surface area contributed by atoms with E-state index in [0.29, 0.717) is 10.6 Å². The van der Waals surface area contributed by atoms with E-state index in [9.17, 15) is 14.4 Å². The molecule has 0 atom stereocenters. The average molecular weight is 350 g/mol. The second kappa shape index (κ2) is 8.30. The van der Waals surface area contributed by atoms with Crippen LogP contribution in [0, 0.1) is 0 Å². The van der Waals surface area contributed by atoms with Gasteiger partial charge >= 0.3 is 11.9 Å². The Balaban J connectivity index is 1.99. The molecule has 2 rings (SSSR count). The third kappa shape index (κ3) is 4.45. The molecule has 8 heteroatoms. The summed E-state index contributed by atoms with van der Waals surface area (Å²) in [5.41, 5.74) is 0.571. The van der Waals surface area contributed by atoms with Crippen LogP contribution in [0.3, 0.4) is 0 Å². The molecule has 24 heavy (non-hydrogen) atoms. The number of carbonyl (C=O) groups excluding carboxylic acids is 3. The van der Waals surface area contributed by atoms with Gasteiger partial charge in [-0.2, -0.15) is 0 Å². The number of esters is 2. The van der Waals surface area contributed by atoms with E-state index in [1.807, 2.05) is 6.92 Å². The summed E-state index contributed by atoms with van der Waals surface area (Å²) < 4.78 is 9.89. The Hall–Kier alpha value is -2.61. The van der Waals surface area contributed by atoms with E-state index >= 15 is 0 Å². The number of anilines is 1. The lowest BCUT2D eigenvalue weighted by Gasteiger charge is -2.06. The van der Waals surface area contributed by atoms with Crippen LogP contribution < -0.4 is 5.32 Å². The lowest BCUT2D eigenvalue weighted by atomic mass is 10.2. The Bertz CT molecular complexity index is 721. The van der Waals surface area contributed by atoms with Gasteiger partial charge in [-0.3, -0.25) is 4.79 Å². The van der Waals surface area contributed by atoms with E-state index in [1.54, 1.807) is 31.3 Å². The molecule has 1 amide bonds. The Morgan fingerprint density at radius 1 is 1.21 bits per heavy atom. The highest BCUT2D eigenvalue weighted by atomic mass is 32.1. The van der Waals surface area contributed by atoms with Crippen molar-refractivity contribution in [1.82, 2.24) is 4.98 Å². The van der Waals surface area contributed by atoms with Crippen molar-refractivity contribution in [1.29, 1.82) is 0 Å². The van der Waals surface area contributed by atoms with E-state index in [0.717, 1.165) is 11.3 Å². The van der Waals surface area contributed by atoms with Crippen LogP contribution in [0.1, 0.15) is 39.6 Å². The highest BCUT2D eigenvalue weighted by molar-refractivity contribution is 7.16. The molecule has 0 aliphatic carbocycles. The van der Waals surface area contributed by atoms with Gasteiger partial charge in [-0.15, -0.1) is 11.3 Å². The third-order valence-electron chi connectivity index (χ3n) is 3.03. The maximum atomic E-state index is 12.0. The highest BCUT2D eigenvalue weighted by Crippen LogP contribution is 2.29. The van der Waals surface area contributed by atoms with Crippen molar-refractivity contribution < 1.29 is 23.9 Å². The maximum Gasteiger partial charge on any atom is 0.355 e. The molecule has 0 unspecified atom stereocenters. The fraction of sp³-hybridized carbons (Fsp3) is 0.312. The number of hydrogen-bond acceptors (Lipinski definition) is 6. The summed E-state index contributed by atoms with van der Waals surface area (Å²) in [5.74, 6) is -1.64. The lowest BCUT2D eigenvalue weighted by molar-refractivity contribution is -0.119. The second-order valence-corrected chi connectivity index (χ2v) is 5.87. The first-order chi connectivity index (χ1) is 11.5. The number of aryl methyl sites for hydroxylation is 1. The van der Waals surface area contributed by atoms with Crippen LogP contribution >= 0.6 is 11.3 Å². The Morgan fingerprint density at radius 2 is 2.00 bits per heavy atom. The largest absolute Gasteiger partial charge is 0.462 e. The SMILES string of the molecule is CCOC(=O)c1cc(CC)sc1NC(=O)COC(=O)c1ccc[nH]1. The summed E-state index contributed by atoms with van der Waals surface area (Å²) in [5, 5.41) is 2.99. The summed E-state index contributed by atoms with van der Waals surface area (Å²) in [6, 6.07) is 4.90. The number of carbonyl (C=O) groups is 3. The molecule has 0 aliphatic heterocycles. The molecule has 0 saturated heterocycles. The Kier molecular flexibility index (Phi) is 6.14. The predicted molar refractivity (Wildman–Crippen MR) is 89.4 cm³/mol. The van der Waals surface area contributed by atoms with E-state index < -0.39 is 24.5 Å². The zero-order chi connectivity index (χ0) is 17.5. The number of H-pyrrole nitrogens is 1. The first kappa shape index (κ1) is 17.7. The minimum atomic E-state index is -0.624. The number of aromatic nitrogens is 1. The molecular weight excluding hydrogens is 332 g/mol. The zero-order valence-electron chi connectivity index (χ0n) is 13.4. The molecule has 0 aliphatic rings. The van der Waals surface area contributed by atoms with Gasteiger partial charge in [0.25, 0.3) is 5.91 Å². The molecule has 0 saturated carbocycles. The standard InChI is InChI=1S/C16H18N2O5S/c1-3-10-8-11(15(20)22-4-2)14(24-10)18-13(19)9-23-16(21)12-6-5-7-17-12/h5-8,17H,3-4,9H2,1-2H3,(H,18,19). The van der Waals surface area contributed by atoms with Gasteiger partial charge in [0.2, 0.25) is 0 Å². The molecule has 2 N–H and O–H groups in total. The fourth-order valence-corrected chi connectivity index (χ4v) is 2.90. The van der Waals surface area contributed by atoms with Crippen molar-refractivity contribution in [2.24, 2.45) is 0 Å². The molecule has 2 aromatic heterocycles. The van der Waals surface area contributed by atoms with Gasteiger partial charge in [0.1, 0.15) is 10.7 Å². The van der Waals surface area contributed by atoms with Crippen LogP contribution in [-0.4, -0.2) is 36.0 Å². The van der Waals surface area contributed by atoms with Crippen molar-refractivity contribution in [3.05, 3.63) is 40.5 Å². The fourth-order valence-electron chi connectivity index (χ4n) is 1.90. The topological polar surface area (TPSA) is 97.5 Å². The number of ether oxygens (including phenoxy) is 2. The molecule has 7 nitrogen and oxygen atoms in total. The first-order valence-corrected chi connectivity index (χ1v) is 8.27. The van der Waals surface area contributed by atoms with Crippen molar-refractivity contribution in [2.45, 2.75) is 20.3 Å². The Labute approximate surface area is 143 Å². The number of hydrogen-bond donors (Lipinski definition) is 2. The normalized spacial score (nSPS) is 10.2. The van der Waals surface area contributed by atoms with Gasteiger partial charge in [-0.05, 0) is 31.5 Å². The number of thiophene rings is 1. The van der Waals surface area contributed by atoms with Crippen LogP contribution in [0.2, 0.25) is 0 Å². The van der Waals surface area contributed by atoms with Gasteiger partial charge in [0.05, 0.1) is 12.2 Å². The molecular formula is C16H18N2O5S. The Morgan fingerprint density at radius 3 is 2.62 bits per heavy atom. The van der Waals surface area contributed by atoms with Gasteiger partial charge in [-0.1, -0.05) is 6.92 Å². The number of aromatic amines is 1. The first-order valence-electron chi connectivity index (χ1n) is 7.45. The van der Waals surface area contributed by atoms with E-state index in [4.69, 9.17) is 9.47 Å². The van der Waals surface area contributed by atoms with Crippen molar-refractivity contribution in [2.75, 3.05) is 18.5 Å². The smallest absolute Gasteiger partial charge is 0.355 e. The third-order valence-corrected chi connectivity index (χ3v) is 4.23. The van der Waals surface area contributed by atoms with Gasteiger partial charge in [0, 0.05) is 11.1 Å². The van der Waals surface area contributed by atoms with Crippen molar-refractivity contribution in [3.8, 4) is 0 Å². The second-order valence-electron chi connectivity index (χ2n) is 4.74. The lowest BCUT2D eigenvalue weighted by Crippen LogP contribution is -2.21. The highest BCUT2D eigenvalue weighted by Gasteiger charge is 2.19. The molecule has 0 aromatic carbocycles. The van der Waals surface area contributed by atoms with Crippen LogP contribution in [0.15, 0.2) is 24.4 Å². The minimum Gasteiger partial charge on any atom is -0.462 e. The monoisotopic (exact) mass is 350 g/mol. The maximum absolute atomic E-state index is 12.0. The summed E-state index contributed by atoms with van der Waals surface area (Å²) in [6.07, 6.45) is 2.31. The number of nitrogens with one attached hydrogen (secondary N) is 2. The van der Waals surface area contributed by atoms with Crippen LogP contribution in [-0.2, 0) is 20.7 Å². The average Bonchev–Trinajstić information content (AvgIpc) is 3.22. The number of amides is 1. The summed E-state index contributed by atoms with van der Waals surface area (Å²) in [4.78, 5) is 39.2. The molecule has 0 radical (unpaired) electrons. The van der Waals surface area contributed by atoms with Gasteiger partial charge < -0.3 is 19.8 Å². The van der Waals surface area contributed by atoms with E-state index in [2.05, 4.69) is 10.3 Å². The summed E-state index contributed by atoms with van der Waals surface area (Å²) in [7, 11) is 0. The predicted octanol–water partition coefficient (Wildman–Crippen LogP) is 2.61. The molecule has 128 valence electrons. The van der Waals surface area contributed by atoms with Gasteiger partial charge in [-0.25, -0.2) is 9.59 Å². The molecule has 0 fully saturated rings. The minimum absolute atomic E-state index is 0.247. The summed E-state index contributed by atoms with van der Waals surface area (Å²) in [6.45, 7) is 3.46. The molecule has 0 spiro atoms. The van der Waals surface area contributed by atoms with Crippen LogP contribution in [0.25, 0.3) is 0 Å². The van der Waals surface area contributed by atoms with E-state index in [-0.39, 0.29) is 12.3 Å². The van der Waals surface area contributed by atoms with Crippen molar-refractivity contribution in [3.63, 3.8) is 0 Å². The summed E-state index contributed by atoms with van der Waals surface area (Å²) >= 11 is 1.29. The molecule has 0 bridgehead atoms. The molecule has 2 heterocycles. The number of rotatable bonds is 7. The van der Waals surface area contributed by atoms with Gasteiger partial charge in [0.15, 0.2) is 6.61 Å². The zero-order valence-corrected chi connectivity index (χ0v) is 14.2. The van der Waals surface area contributed by atoms with Crippen LogP contribution in [0.5, 0.6) is 0 Å². The van der Waals surface area contributed by atoms with E-state index in [1.165, 1.54) is 11.3 Å². The van der Waals surface area contributed by atoms with Crippen LogP contribution in [0.4, 0.5) is 5.00 Å².